The van der Waals surface area contributed by atoms with Crippen LogP contribution >= 0.6 is 11.8 Å². The van der Waals surface area contributed by atoms with Crippen LogP contribution in [0.5, 0.6) is 0 Å². The Balaban J connectivity index is 1.59. The van der Waals surface area contributed by atoms with E-state index < -0.39 is 0 Å². The van der Waals surface area contributed by atoms with Crippen LogP contribution in [0.2, 0.25) is 0 Å². The van der Waals surface area contributed by atoms with Crippen molar-refractivity contribution < 1.29 is 4.79 Å². The molecule has 0 saturated carbocycles. The number of hydrogen-bond donors (Lipinski definition) is 1. The van der Waals surface area contributed by atoms with E-state index >= 15 is 0 Å². The number of H-pyrrole nitrogens is 1. The average Bonchev–Trinajstić information content (AvgIpc) is 3.24. The van der Waals surface area contributed by atoms with Crippen LogP contribution in [0, 0.1) is 13.8 Å². The second-order valence-electron chi connectivity index (χ2n) is 7.73. The molecule has 0 aliphatic carbocycles. The Morgan fingerprint density at radius 1 is 0.969 bits per heavy atom. The van der Waals surface area contributed by atoms with Gasteiger partial charge in [-0.25, -0.2) is 4.98 Å². The van der Waals surface area contributed by atoms with Crippen molar-refractivity contribution in [2.75, 3.05) is 5.75 Å². The smallest absolute Gasteiger partial charge is 0.266 e. The summed E-state index contributed by atoms with van der Waals surface area (Å²) in [5.41, 5.74) is 4.96. The first-order valence-corrected chi connectivity index (χ1v) is 11.3. The molecule has 0 unspecified atom stereocenters. The zero-order valence-corrected chi connectivity index (χ0v) is 18.6. The molecular weight excluding hydrogens is 418 g/mol. The SMILES string of the molecule is Cc1cccc(-n2c(SCC(=O)c3c[nH]c4ccccc34)nc3ccccc3c2=O)c1C. The highest BCUT2D eigenvalue weighted by Crippen LogP contribution is 2.26. The molecule has 3 aromatic carbocycles. The summed E-state index contributed by atoms with van der Waals surface area (Å²) in [5.74, 6) is 0.166. The van der Waals surface area contributed by atoms with Crippen molar-refractivity contribution in [3.63, 3.8) is 0 Å². The van der Waals surface area contributed by atoms with E-state index in [1.807, 2.05) is 74.5 Å². The first kappa shape index (κ1) is 20.3. The normalized spacial score (nSPS) is 11.3. The molecule has 32 heavy (non-hydrogen) atoms. The summed E-state index contributed by atoms with van der Waals surface area (Å²) in [7, 11) is 0. The summed E-state index contributed by atoms with van der Waals surface area (Å²) in [6, 6.07) is 20.9. The van der Waals surface area contributed by atoms with Gasteiger partial charge in [0.1, 0.15) is 0 Å². The molecule has 0 atom stereocenters. The van der Waals surface area contributed by atoms with Crippen molar-refractivity contribution in [1.29, 1.82) is 0 Å². The van der Waals surface area contributed by atoms with Crippen molar-refractivity contribution >= 4 is 39.4 Å². The number of carbonyl (C=O) groups is 1. The maximum atomic E-state index is 13.5. The summed E-state index contributed by atoms with van der Waals surface area (Å²) in [4.78, 5) is 34.5. The number of aromatic nitrogens is 3. The summed E-state index contributed by atoms with van der Waals surface area (Å²) < 4.78 is 1.64. The van der Waals surface area contributed by atoms with Crippen LogP contribution in [0.1, 0.15) is 21.5 Å². The van der Waals surface area contributed by atoms with E-state index in [1.165, 1.54) is 11.8 Å². The van der Waals surface area contributed by atoms with Gasteiger partial charge in [-0.1, -0.05) is 54.2 Å². The van der Waals surface area contributed by atoms with E-state index in [9.17, 15) is 9.59 Å². The Bertz CT molecular complexity index is 1550. The molecule has 0 radical (unpaired) electrons. The highest BCUT2D eigenvalue weighted by atomic mass is 32.2. The molecule has 2 heterocycles. The van der Waals surface area contributed by atoms with E-state index in [2.05, 4.69) is 4.98 Å². The van der Waals surface area contributed by atoms with E-state index in [1.54, 1.807) is 16.8 Å². The Morgan fingerprint density at radius 3 is 2.56 bits per heavy atom. The number of nitrogens with zero attached hydrogens (tertiary/aromatic N) is 2. The minimum Gasteiger partial charge on any atom is -0.360 e. The van der Waals surface area contributed by atoms with Gasteiger partial charge in [-0.15, -0.1) is 0 Å². The molecule has 6 heteroatoms. The Hall–Kier alpha value is -3.64. The number of thioether (sulfide) groups is 1. The number of ketones is 1. The largest absolute Gasteiger partial charge is 0.360 e. The van der Waals surface area contributed by atoms with Crippen LogP contribution in [-0.2, 0) is 0 Å². The summed E-state index contributed by atoms with van der Waals surface area (Å²) in [6.07, 6.45) is 1.75. The lowest BCUT2D eigenvalue weighted by Crippen LogP contribution is -2.23. The van der Waals surface area contributed by atoms with Crippen LogP contribution in [0.15, 0.2) is 82.9 Å². The molecule has 0 amide bonds. The molecule has 0 spiro atoms. The molecule has 5 aromatic rings. The van der Waals surface area contributed by atoms with Gasteiger partial charge in [0.2, 0.25) is 0 Å². The second kappa shape index (κ2) is 8.13. The lowest BCUT2D eigenvalue weighted by Gasteiger charge is -2.16. The molecule has 5 rings (SSSR count). The van der Waals surface area contributed by atoms with E-state index in [-0.39, 0.29) is 17.1 Å². The number of Topliss-reactive ketones (excluding diaryl/α,β-unsaturated/α-hetero) is 1. The van der Waals surface area contributed by atoms with Crippen LogP contribution in [0.4, 0.5) is 0 Å². The molecule has 0 aliphatic heterocycles. The third-order valence-corrected chi connectivity index (χ3v) is 6.72. The van der Waals surface area contributed by atoms with Crippen molar-refractivity contribution in [2.24, 2.45) is 0 Å². The molecule has 0 aliphatic rings. The fraction of sp³-hybridized carbons (Fsp3) is 0.115. The topological polar surface area (TPSA) is 67.8 Å². The van der Waals surface area contributed by atoms with E-state index in [4.69, 9.17) is 4.98 Å². The highest BCUT2D eigenvalue weighted by Gasteiger charge is 2.18. The van der Waals surface area contributed by atoms with Gasteiger partial charge in [0.15, 0.2) is 10.9 Å². The van der Waals surface area contributed by atoms with Gasteiger partial charge in [0, 0.05) is 22.7 Å². The van der Waals surface area contributed by atoms with Gasteiger partial charge >= 0.3 is 0 Å². The molecule has 0 saturated heterocycles. The van der Waals surface area contributed by atoms with Crippen LogP contribution in [0.25, 0.3) is 27.5 Å². The van der Waals surface area contributed by atoms with Crippen molar-refractivity contribution in [3.05, 3.63) is 100.0 Å². The molecule has 0 fully saturated rings. The van der Waals surface area contributed by atoms with Gasteiger partial charge in [-0.3, -0.25) is 14.2 Å². The number of carbonyl (C=O) groups excluding carboxylic acids is 1. The van der Waals surface area contributed by atoms with Crippen LogP contribution < -0.4 is 5.56 Å². The highest BCUT2D eigenvalue weighted by molar-refractivity contribution is 7.99. The zero-order valence-electron chi connectivity index (χ0n) is 17.8. The van der Waals surface area contributed by atoms with Gasteiger partial charge in [0.25, 0.3) is 5.56 Å². The third kappa shape index (κ3) is 3.42. The lowest BCUT2D eigenvalue weighted by atomic mass is 10.1. The average molecular weight is 440 g/mol. The van der Waals surface area contributed by atoms with Crippen LogP contribution in [0.3, 0.4) is 0 Å². The Kier molecular flexibility index (Phi) is 5.15. The summed E-state index contributed by atoms with van der Waals surface area (Å²) in [5, 5.41) is 1.97. The predicted octanol–water partition coefficient (Wildman–Crippen LogP) is 5.46. The quantitative estimate of drug-likeness (QED) is 0.224. The number of hydrogen-bond acceptors (Lipinski definition) is 4. The fourth-order valence-electron chi connectivity index (χ4n) is 3.91. The maximum Gasteiger partial charge on any atom is 0.266 e. The number of benzene rings is 3. The van der Waals surface area contributed by atoms with E-state index in [0.29, 0.717) is 21.6 Å². The van der Waals surface area contributed by atoms with Crippen molar-refractivity contribution in [1.82, 2.24) is 14.5 Å². The fourth-order valence-corrected chi connectivity index (χ4v) is 4.80. The Labute approximate surface area is 189 Å². The Morgan fingerprint density at radius 2 is 1.72 bits per heavy atom. The minimum atomic E-state index is -0.133. The minimum absolute atomic E-state index is 0.0117. The van der Waals surface area contributed by atoms with Gasteiger partial charge in [0.05, 0.1) is 22.3 Å². The zero-order chi connectivity index (χ0) is 22.2. The molecule has 5 nitrogen and oxygen atoms in total. The number of aryl methyl sites for hydroxylation is 1. The number of nitrogens with one attached hydrogen (secondary N) is 1. The molecule has 0 bridgehead atoms. The van der Waals surface area contributed by atoms with Gasteiger partial charge < -0.3 is 4.98 Å². The molecule has 158 valence electrons. The summed E-state index contributed by atoms with van der Waals surface area (Å²) >= 11 is 1.29. The van der Waals surface area contributed by atoms with Crippen molar-refractivity contribution in [3.8, 4) is 5.69 Å². The summed E-state index contributed by atoms with van der Waals surface area (Å²) in [6.45, 7) is 4.02. The van der Waals surface area contributed by atoms with Gasteiger partial charge in [-0.2, -0.15) is 0 Å². The van der Waals surface area contributed by atoms with Crippen LogP contribution in [-0.4, -0.2) is 26.1 Å². The maximum absolute atomic E-state index is 13.5. The third-order valence-electron chi connectivity index (χ3n) is 5.78. The monoisotopic (exact) mass is 439 g/mol. The second-order valence-corrected chi connectivity index (χ2v) is 8.67. The standard InChI is InChI=1S/C26H21N3O2S/c1-16-8-7-13-23(17(16)2)29-25(31)19-10-4-6-12-22(19)28-26(29)32-15-24(30)20-14-27-21-11-5-3-9-18(20)21/h3-14,27H,15H2,1-2H3. The number of para-hydroxylation sites is 2. The lowest BCUT2D eigenvalue weighted by molar-refractivity contribution is 0.102. The first-order chi connectivity index (χ1) is 15.5. The molecule has 1 N–H and O–H groups in total. The number of rotatable bonds is 5. The van der Waals surface area contributed by atoms with Gasteiger partial charge in [-0.05, 0) is 49.2 Å². The van der Waals surface area contributed by atoms with E-state index in [0.717, 1.165) is 27.7 Å². The number of aromatic amines is 1. The first-order valence-electron chi connectivity index (χ1n) is 10.3. The number of fused-ring (bicyclic) bond motifs is 2. The molecule has 2 aromatic heterocycles. The predicted molar refractivity (Wildman–Crippen MR) is 130 cm³/mol. The van der Waals surface area contributed by atoms with Crippen molar-refractivity contribution in [2.45, 2.75) is 19.0 Å². The molecular formula is C26H21N3O2S.